The molecule has 5 heteroatoms. The number of guanidine groups is 1. The summed E-state index contributed by atoms with van der Waals surface area (Å²) in [5.74, 6) is 1.48. The Kier molecular flexibility index (Phi) is 7.13. The number of benzene rings is 2. The van der Waals surface area contributed by atoms with Crippen LogP contribution in [0, 0.1) is 5.92 Å². The van der Waals surface area contributed by atoms with Crippen molar-refractivity contribution in [1.82, 2.24) is 10.2 Å². The molecule has 2 heterocycles. The van der Waals surface area contributed by atoms with Gasteiger partial charge in [0.15, 0.2) is 5.96 Å². The Hall–Kier alpha value is -1.60. The lowest BCUT2D eigenvalue weighted by atomic mass is 9.95. The van der Waals surface area contributed by atoms with Gasteiger partial charge in [0.05, 0.1) is 6.10 Å². The van der Waals surface area contributed by atoms with Crippen LogP contribution in [0.3, 0.4) is 0 Å². The summed E-state index contributed by atoms with van der Waals surface area (Å²) in [6.07, 6.45) is 2.35. The van der Waals surface area contributed by atoms with Crippen LogP contribution in [0.4, 0.5) is 0 Å². The predicted octanol–water partition coefficient (Wildman–Crippen LogP) is 4.02. The minimum absolute atomic E-state index is 0. The third-order valence-corrected chi connectivity index (χ3v) is 5.51. The quantitative estimate of drug-likeness (QED) is 0.413. The van der Waals surface area contributed by atoms with E-state index in [2.05, 4.69) is 69.8 Å². The minimum atomic E-state index is 0. The predicted molar refractivity (Wildman–Crippen MR) is 121 cm³/mol. The monoisotopic (exact) mass is 477 g/mol. The van der Waals surface area contributed by atoms with Crippen LogP contribution in [0.25, 0.3) is 0 Å². The molecule has 2 unspecified atom stereocenters. The molecule has 4 rings (SSSR count). The molecule has 2 aliphatic heterocycles. The number of hydrogen-bond donors (Lipinski definition) is 1. The molecule has 1 saturated heterocycles. The first-order chi connectivity index (χ1) is 12.8. The molecule has 4 nitrogen and oxygen atoms in total. The summed E-state index contributed by atoms with van der Waals surface area (Å²) in [5, 5.41) is 3.61. The van der Waals surface area contributed by atoms with Crippen LogP contribution in [0.5, 0.6) is 0 Å². The highest BCUT2D eigenvalue weighted by Gasteiger charge is 2.30. The maximum absolute atomic E-state index is 6.02. The van der Waals surface area contributed by atoms with Crippen molar-refractivity contribution in [1.29, 1.82) is 0 Å². The molecule has 1 N–H and O–H groups in total. The molecule has 1 fully saturated rings. The number of fused-ring (bicyclic) bond motifs is 1. The third kappa shape index (κ3) is 4.63. The SMILES string of the molecule is CN=C(NCC1CCOC1c1ccccc1)N1CCc2ccccc2C1.I. The Morgan fingerprint density at radius 3 is 2.63 bits per heavy atom. The topological polar surface area (TPSA) is 36.9 Å². The first kappa shape index (κ1) is 20.1. The lowest BCUT2D eigenvalue weighted by Crippen LogP contribution is -2.45. The molecule has 0 saturated carbocycles. The van der Waals surface area contributed by atoms with Crippen molar-refractivity contribution in [2.24, 2.45) is 10.9 Å². The van der Waals surface area contributed by atoms with Crippen molar-refractivity contribution in [3.63, 3.8) is 0 Å². The standard InChI is InChI=1S/C22H27N3O.HI/c1-23-22(25-13-11-17-7-5-6-10-20(17)16-25)24-15-19-12-14-26-21(19)18-8-3-2-4-9-18;/h2-10,19,21H,11-16H2,1H3,(H,23,24);1H. The van der Waals surface area contributed by atoms with Crippen LogP contribution in [-0.4, -0.2) is 37.6 Å². The average Bonchev–Trinajstić information content (AvgIpc) is 3.17. The third-order valence-electron chi connectivity index (χ3n) is 5.51. The maximum Gasteiger partial charge on any atom is 0.193 e. The molecule has 0 radical (unpaired) electrons. The van der Waals surface area contributed by atoms with E-state index < -0.39 is 0 Å². The Balaban J connectivity index is 0.00000210. The van der Waals surface area contributed by atoms with Crippen LogP contribution in [0.1, 0.15) is 29.2 Å². The summed E-state index contributed by atoms with van der Waals surface area (Å²) in [4.78, 5) is 6.89. The highest BCUT2D eigenvalue weighted by atomic mass is 127. The Labute approximate surface area is 179 Å². The average molecular weight is 477 g/mol. The van der Waals surface area contributed by atoms with Crippen molar-refractivity contribution < 1.29 is 4.74 Å². The maximum atomic E-state index is 6.02. The molecule has 2 aromatic carbocycles. The molecule has 0 amide bonds. The van der Waals surface area contributed by atoms with Crippen LogP contribution < -0.4 is 5.32 Å². The van der Waals surface area contributed by atoms with E-state index in [1.807, 2.05) is 7.05 Å². The van der Waals surface area contributed by atoms with E-state index in [0.29, 0.717) is 5.92 Å². The number of hydrogen-bond acceptors (Lipinski definition) is 2. The molecule has 0 aromatic heterocycles. The minimum Gasteiger partial charge on any atom is -0.373 e. The second kappa shape index (κ2) is 9.55. The Bertz CT molecular complexity index is 765. The van der Waals surface area contributed by atoms with Gasteiger partial charge >= 0.3 is 0 Å². The van der Waals surface area contributed by atoms with Crippen molar-refractivity contribution in [3.8, 4) is 0 Å². The second-order valence-electron chi connectivity index (χ2n) is 7.12. The van der Waals surface area contributed by atoms with E-state index in [4.69, 9.17) is 4.74 Å². The van der Waals surface area contributed by atoms with Crippen LogP contribution >= 0.6 is 24.0 Å². The first-order valence-corrected chi connectivity index (χ1v) is 9.54. The summed E-state index contributed by atoms with van der Waals surface area (Å²) in [7, 11) is 1.88. The molecule has 2 atom stereocenters. The van der Waals surface area contributed by atoms with Gasteiger partial charge in [-0.25, -0.2) is 0 Å². The highest BCUT2D eigenvalue weighted by Crippen LogP contribution is 2.34. The van der Waals surface area contributed by atoms with E-state index in [0.717, 1.165) is 45.0 Å². The van der Waals surface area contributed by atoms with E-state index in [-0.39, 0.29) is 30.1 Å². The molecule has 2 aromatic rings. The molecular weight excluding hydrogens is 449 g/mol. The molecule has 27 heavy (non-hydrogen) atoms. The number of nitrogens with one attached hydrogen (secondary N) is 1. The number of halogens is 1. The van der Waals surface area contributed by atoms with Gasteiger partial charge in [0.25, 0.3) is 0 Å². The zero-order chi connectivity index (χ0) is 17.8. The first-order valence-electron chi connectivity index (χ1n) is 9.54. The van der Waals surface area contributed by atoms with Gasteiger partial charge in [-0.15, -0.1) is 24.0 Å². The Morgan fingerprint density at radius 1 is 1.11 bits per heavy atom. The molecule has 0 bridgehead atoms. The Morgan fingerprint density at radius 2 is 1.85 bits per heavy atom. The molecule has 2 aliphatic rings. The van der Waals surface area contributed by atoms with E-state index in [1.54, 1.807) is 0 Å². The fourth-order valence-electron chi connectivity index (χ4n) is 4.09. The van der Waals surface area contributed by atoms with Gasteiger partial charge in [-0.05, 0) is 29.5 Å². The van der Waals surface area contributed by atoms with Gasteiger partial charge in [0.2, 0.25) is 0 Å². The highest BCUT2D eigenvalue weighted by molar-refractivity contribution is 14.0. The summed E-state index contributed by atoms with van der Waals surface area (Å²) in [5.41, 5.74) is 4.15. The number of aliphatic imine (C=N–C) groups is 1. The van der Waals surface area contributed by atoms with Crippen LogP contribution in [0.15, 0.2) is 59.6 Å². The number of ether oxygens (including phenoxy) is 1. The van der Waals surface area contributed by atoms with Gasteiger partial charge in [-0.2, -0.15) is 0 Å². The molecule has 0 spiro atoms. The van der Waals surface area contributed by atoms with E-state index in [1.165, 1.54) is 16.7 Å². The summed E-state index contributed by atoms with van der Waals surface area (Å²) < 4.78 is 6.02. The molecule has 144 valence electrons. The lowest BCUT2D eigenvalue weighted by Gasteiger charge is -2.32. The second-order valence-corrected chi connectivity index (χ2v) is 7.12. The van der Waals surface area contributed by atoms with Crippen LogP contribution in [0.2, 0.25) is 0 Å². The lowest BCUT2D eigenvalue weighted by molar-refractivity contribution is 0.0913. The normalized spacial score (nSPS) is 22.1. The zero-order valence-corrected chi connectivity index (χ0v) is 18.1. The van der Waals surface area contributed by atoms with Gasteiger partial charge in [-0.3, -0.25) is 4.99 Å². The van der Waals surface area contributed by atoms with Gasteiger partial charge in [0.1, 0.15) is 0 Å². The fraction of sp³-hybridized carbons (Fsp3) is 0.409. The summed E-state index contributed by atoms with van der Waals surface area (Å²) in [6, 6.07) is 19.3. The number of rotatable bonds is 3. The number of nitrogens with zero attached hydrogens (tertiary/aromatic N) is 2. The smallest absolute Gasteiger partial charge is 0.193 e. The van der Waals surface area contributed by atoms with Gasteiger partial charge in [0, 0.05) is 39.2 Å². The summed E-state index contributed by atoms with van der Waals surface area (Å²) >= 11 is 0. The van der Waals surface area contributed by atoms with Gasteiger partial charge in [-0.1, -0.05) is 54.6 Å². The summed E-state index contributed by atoms with van der Waals surface area (Å²) in [6.45, 7) is 3.67. The van der Waals surface area contributed by atoms with E-state index >= 15 is 0 Å². The van der Waals surface area contributed by atoms with Crippen molar-refractivity contribution in [2.45, 2.75) is 25.5 Å². The molecule has 0 aliphatic carbocycles. The van der Waals surface area contributed by atoms with E-state index in [9.17, 15) is 0 Å². The molecular formula is C22H28IN3O. The van der Waals surface area contributed by atoms with Crippen molar-refractivity contribution >= 4 is 29.9 Å². The largest absolute Gasteiger partial charge is 0.373 e. The van der Waals surface area contributed by atoms with Gasteiger partial charge < -0.3 is 15.0 Å². The van der Waals surface area contributed by atoms with Crippen LogP contribution in [-0.2, 0) is 17.7 Å². The zero-order valence-electron chi connectivity index (χ0n) is 15.8. The van der Waals surface area contributed by atoms with Crippen molar-refractivity contribution in [3.05, 3.63) is 71.3 Å². The fourth-order valence-corrected chi connectivity index (χ4v) is 4.09. The van der Waals surface area contributed by atoms with Crippen molar-refractivity contribution in [2.75, 3.05) is 26.7 Å².